The number of nitrogens with zero attached hydrogens (tertiary/aromatic N) is 3. The molecule has 0 fully saturated rings. The first kappa shape index (κ1) is 22.1. The van der Waals surface area contributed by atoms with Gasteiger partial charge in [0.1, 0.15) is 12.4 Å². The third-order valence-corrected chi connectivity index (χ3v) is 4.69. The van der Waals surface area contributed by atoms with Crippen LogP contribution < -0.4 is 14.8 Å². The fraction of sp³-hybridized carbons (Fsp3) is 0.208. The van der Waals surface area contributed by atoms with Gasteiger partial charge in [0, 0.05) is 17.9 Å². The second kappa shape index (κ2) is 10.5. The molecule has 0 saturated carbocycles. The molecule has 0 saturated heterocycles. The van der Waals surface area contributed by atoms with Crippen LogP contribution in [-0.4, -0.2) is 47.6 Å². The van der Waals surface area contributed by atoms with E-state index in [2.05, 4.69) is 15.4 Å². The van der Waals surface area contributed by atoms with Crippen LogP contribution in [0.4, 0.5) is 5.69 Å². The summed E-state index contributed by atoms with van der Waals surface area (Å²) in [6.07, 6.45) is 1.45. The number of hydrogen-bond acceptors (Lipinski definition) is 7. The highest BCUT2D eigenvalue weighted by atomic mass is 16.5. The minimum Gasteiger partial charge on any atom is -0.497 e. The van der Waals surface area contributed by atoms with Gasteiger partial charge in [-0.15, -0.1) is 5.10 Å². The van der Waals surface area contributed by atoms with E-state index >= 15 is 0 Å². The van der Waals surface area contributed by atoms with Gasteiger partial charge in [0.05, 0.1) is 25.7 Å². The van der Waals surface area contributed by atoms with Crippen molar-refractivity contribution in [3.8, 4) is 28.8 Å². The molecule has 2 aromatic carbocycles. The van der Waals surface area contributed by atoms with Crippen molar-refractivity contribution in [2.45, 2.75) is 6.92 Å². The smallest absolute Gasteiger partial charge is 0.336 e. The lowest BCUT2D eigenvalue weighted by atomic mass is 10.2. The Bertz CT molecular complexity index is 1190. The molecule has 0 atom stereocenters. The predicted molar refractivity (Wildman–Crippen MR) is 122 cm³/mol. The van der Waals surface area contributed by atoms with Gasteiger partial charge < -0.3 is 23.9 Å². The average molecular weight is 448 g/mol. The Morgan fingerprint density at radius 1 is 1.09 bits per heavy atom. The van der Waals surface area contributed by atoms with Crippen molar-refractivity contribution in [3.63, 3.8) is 0 Å². The van der Waals surface area contributed by atoms with Gasteiger partial charge in [0.2, 0.25) is 0 Å². The Balaban J connectivity index is 1.64. The number of aromatic nitrogens is 3. The normalized spacial score (nSPS) is 10.7. The third-order valence-electron chi connectivity index (χ3n) is 4.69. The number of benzene rings is 2. The molecule has 0 spiro atoms. The molecule has 0 unspecified atom stereocenters. The van der Waals surface area contributed by atoms with Crippen LogP contribution in [0, 0.1) is 0 Å². The first-order valence-electron chi connectivity index (χ1n) is 10.4. The molecule has 0 aliphatic carbocycles. The molecule has 0 aliphatic heterocycles. The standard InChI is InChI=1S/C24H24N4O5/c1-3-31-14-15-33-24-26-22(17-9-11-20(30-2)12-10-17)28(27-24)19-7-4-6-18(16-19)25-23(29)21-8-5-13-32-21/h4-13,16H,3,14-15H2,1-2H3,(H,25,29). The van der Waals surface area contributed by atoms with Crippen molar-refractivity contribution in [1.29, 1.82) is 0 Å². The Labute approximate surface area is 190 Å². The molecule has 2 heterocycles. The number of methoxy groups -OCH3 is 1. The third kappa shape index (κ3) is 5.39. The number of carbonyl (C=O) groups excluding carboxylic acids is 1. The fourth-order valence-electron chi connectivity index (χ4n) is 3.11. The lowest BCUT2D eigenvalue weighted by Crippen LogP contribution is -2.11. The van der Waals surface area contributed by atoms with Crippen LogP contribution in [-0.2, 0) is 4.74 Å². The largest absolute Gasteiger partial charge is 0.497 e. The predicted octanol–water partition coefficient (Wildman–Crippen LogP) is 4.20. The molecule has 0 bridgehead atoms. The summed E-state index contributed by atoms with van der Waals surface area (Å²) in [7, 11) is 1.62. The molecule has 1 amide bonds. The van der Waals surface area contributed by atoms with E-state index in [1.807, 2.05) is 43.3 Å². The van der Waals surface area contributed by atoms with Gasteiger partial charge in [0.25, 0.3) is 5.91 Å². The maximum atomic E-state index is 12.4. The number of amides is 1. The monoisotopic (exact) mass is 448 g/mol. The van der Waals surface area contributed by atoms with Crippen LogP contribution in [0.15, 0.2) is 71.3 Å². The first-order valence-corrected chi connectivity index (χ1v) is 10.4. The number of hydrogen-bond donors (Lipinski definition) is 1. The number of anilines is 1. The lowest BCUT2D eigenvalue weighted by molar-refractivity contribution is 0.0996. The van der Waals surface area contributed by atoms with Crippen molar-refractivity contribution in [1.82, 2.24) is 14.8 Å². The molecule has 4 rings (SSSR count). The van der Waals surface area contributed by atoms with E-state index in [0.717, 1.165) is 11.3 Å². The Kier molecular flexibility index (Phi) is 7.01. The molecular formula is C24H24N4O5. The van der Waals surface area contributed by atoms with Gasteiger partial charge in [-0.2, -0.15) is 4.98 Å². The van der Waals surface area contributed by atoms with Gasteiger partial charge >= 0.3 is 6.01 Å². The maximum Gasteiger partial charge on any atom is 0.336 e. The van der Waals surface area contributed by atoms with Gasteiger partial charge in [-0.05, 0) is 61.5 Å². The van der Waals surface area contributed by atoms with Crippen LogP contribution in [0.2, 0.25) is 0 Å². The van der Waals surface area contributed by atoms with Crippen LogP contribution >= 0.6 is 0 Å². The molecule has 170 valence electrons. The van der Waals surface area contributed by atoms with E-state index in [1.54, 1.807) is 36.1 Å². The summed E-state index contributed by atoms with van der Waals surface area (Å²) in [5.41, 5.74) is 2.11. The Hall–Kier alpha value is -4.11. The van der Waals surface area contributed by atoms with Crippen molar-refractivity contribution < 1.29 is 23.4 Å². The molecule has 9 nitrogen and oxygen atoms in total. The minimum absolute atomic E-state index is 0.227. The van der Waals surface area contributed by atoms with Crippen LogP contribution in [0.3, 0.4) is 0 Å². The lowest BCUT2D eigenvalue weighted by Gasteiger charge is -2.09. The molecule has 33 heavy (non-hydrogen) atoms. The molecule has 9 heteroatoms. The van der Waals surface area contributed by atoms with Gasteiger partial charge in [-0.3, -0.25) is 4.79 Å². The summed E-state index contributed by atoms with van der Waals surface area (Å²) in [6, 6.07) is 18.3. The molecule has 1 N–H and O–H groups in total. The summed E-state index contributed by atoms with van der Waals surface area (Å²) < 4.78 is 23.1. The fourth-order valence-corrected chi connectivity index (χ4v) is 3.11. The second-order valence-electron chi connectivity index (χ2n) is 6.89. The number of rotatable bonds is 10. The first-order chi connectivity index (χ1) is 16.2. The highest BCUT2D eigenvalue weighted by Crippen LogP contribution is 2.26. The highest BCUT2D eigenvalue weighted by molar-refractivity contribution is 6.02. The second-order valence-corrected chi connectivity index (χ2v) is 6.89. The Morgan fingerprint density at radius 3 is 2.67 bits per heavy atom. The van der Waals surface area contributed by atoms with Crippen LogP contribution in [0.5, 0.6) is 11.8 Å². The topological polar surface area (TPSA) is 101 Å². The number of furan rings is 1. The van der Waals surface area contributed by atoms with Crippen molar-refractivity contribution in [3.05, 3.63) is 72.7 Å². The van der Waals surface area contributed by atoms with E-state index in [4.69, 9.17) is 18.6 Å². The summed E-state index contributed by atoms with van der Waals surface area (Å²) in [5.74, 6) is 1.20. The molecule has 0 aliphatic rings. The zero-order chi connectivity index (χ0) is 23.0. The van der Waals surface area contributed by atoms with E-state index in [-0.39, 0.29) is 17.7 Å². The molecule has 0 radical (unpaired) electrons. The highest BCUT2D eigenvalue weighted by Gasteiger charge is 2.16. The average Bonchev–Trinajstić information content (AvgIpc) is 3.53. The number of ether oxygens (including phenoxy) is 3. The van der Waals surface area contributed by atoms with Crippen LogP contribution in [0.1, 0.15) is 17.5 Å². The van der Waals surface area contributed by atoms with Gasteiger partial charge in [-0.1, -0.05) is 6.07 Å². The van der Waals surface area contributed by atoms with Gasteiger partial charge in [-0.25, -0.2) is 4.68 Å². The van der Waals surface area contributed by atoms with Crippen LogP contribution in [0.25, 0.3) is 17.1 Å². The van der Waals surface area contributed by atoms with Gasteiger partial charge in [0.15, 0.2) is 11.6 Å². The van der Waals surface area contributed by atoms with Crippen molar-refractivity contribution in [2.24, 2.45) is 0 Å². The maximum absolute atomic E-state index is 12.4. The molecular weight excluding hydrogens is 424 g/mol. The summed E-state index contributed by atoms with van der Waals surface area (Å²) in [6.45, 7) is 3.31. The van der Waals surface area contributed by atoms with E-state index in [0.29, 0.717) is 37.0 Å². The number of nitrogens with one attached hydrogen (secondary N) is 1. The van der Waals surface area contributed by atoms with E-state index < -0.39 is 0 Å². The summed E-state index contributed by atoms with van der Waals surface area (Å²) in [5, 5.41) is 7.36. The van der Waals surface area contributed by atoms with Crippen molar-refractivity contribution in [2.75, 3.05) is 32.2 Å². The zero-order valence-electron chi connectivity index (χ0n) is 18.4. The molecule has 2 aromatic heterocycles. The zero-order valence-corrected chi connectivity index (χ0v) is 18.4. The van der Waals surface area contributed by atoms with E-state index in [1.165, 1.54) is 6.26 Å². The van der Waals surface area contributed by atoms with Crippen molar-refractivity contribution >= 4 is 11.6 Å². The Morgan fingerprint density at radius 2 is 1.94 bits per heavy atom. The summed E-state index contributed by atoms with van der Waals surface area (Å²) in [4.78, 5) is 16.9. The van der Waals surface area contributed by atoms with E-state index in [9.17, 15) is 4.79 Å². The minimum atomic E-state index is -0.342. The SMILES string of the molecule is CCOCCOc1nc(-c2ccc(OC)cc2)n(-c2cccc(NC(=O)c3ccco3)c2)n1. The quantitative estimate of drug-likeness (QED) is 0.363. The molecule has 4 aromatic rings. The number of carbonyl (C=O) groups is 1. The summed E-state index contributed by atoms with van der Waals surface area (Å²) >= 11 is 0.